The molecule has 2 rings (SSSR count). The Kier molecular flexibility index (Phi) is 4.82. The molecular weight excluding hydrogens is 260 g/mol. The van der Waals surface area contributed by atoms with Gasteiger partial charge < -0.3 is 4.84 Å². The lowest BCUT2D eigenvalue weighted by Crippen LogP contribution is -1.92. The Hall–Kier alpha value is -2.23. The molecule has 0 spiro atoms. The molecule has 0 aromatic heterocycles. The number of hydrogen-bond acceptors (Lipinski definition) is 2. The van der Waals surface area contributed by atoms with Crippen LogP contribution in [0.25, 0.3) is 0 Å². The van der Waals surface area contributed by atoms with Gasteiger partial charge in [-0.3, -0.25) is 0 Å². The Bertz CT molecular complexity index is 611. The summed E-state index contributed by atoms with van der Waals surface area (Å²) in [6, 6.07) is 11.6. The fourth-order valence-corrected chi connectivity index (χ4v) is 1.73. The van der Waals surface area contributed by atoms with Crippen molar-refractivity contribution in [2.75, 3.05) is 0 Å². The smallest absolute Gasteiger partial charge is 0.159 e. The van der Waals surface area contributed by atoms with E-state index in [1.807, 2.05) is 24.3 Å². The number of nitrogens with zero attached hydrogens (tertiary/aromatic N) is 1. The molecule has 2 nitrogen and oxygen atoms in total. The molecule has 0 heterocycles. The van der Waals surface area contributed by atoms with Crippen LogP contribution in [0.3, 0.4) is 0 Å². The molecule has 4 heteroatoms. The van der Waals surface area contributed by atoms with Crippen LogP contribution in [0, 0.1) is 11.6 Å². The molecule has 0 fully saturated rings. The summed E-state index contributed by atoms with van der Waals surface area (Å²) >= 11 is 0. The van der Waals surface area contributed by atoms with Crippen LogP contribution < -0.4 is 0 Å². The van der Waals surface area contributed by atoms with Gasteiger partial charge in [0.25, 0.3) is 0 Å². The van der Waals surface area contributed by atoms with Gasteiger partial charge in [-0.1, -0.05) is 42.4 Å². The highest BCUT2D eigenvalue weighted by molar-refractivity contribution is 5.79. The molecule has 0 N–H and O–H groups in total. The highest BCUT2D eigenvalue weighted by atomic mass is 19.2. The average Bonchev–Trinajstić information content (AvgIpc) is 2.47. The van der Waals surface area contributed by atoms with Crippen molar-refractivity contribution in [3.05, 3.63) is 70.8 Å². The van der Waals surface area contributed by atoms with Crippen molar-refractivity contribution >= 4 is 6.21 Å². The fraction of sp³-hybridized carbons (Fsp3) is 0.188. The molecule has 0 bridgehead atoms. The maximum atomic E-state index is 13.0. The van der Waals surface area contributed by atoms with E-state index in [-0.39, 0.29) is 6.61 Å². The lowest BCUT2D eigenvalue weighted by atomic mass is 10.1. The first-order valence-corrected chi connectivity index (χ1v) is 6.37. The van der Waals surface area contributed by atoms with E-state index in [0.717, 1.165) is 24.1 Å². The lowest BCUT2D eigenvalue weighted by Gasteiger charge is -2.01. The van der Waals surface area contributed by atoms with Crippen molar-refractivity contribution in [2.24, 2.45) is 5.16 Å². The number of benzene rings is 2. The number of aryl methyl sites for hydroxylation is 1. The molecule has 0 atom stereocenters. The molecule has 104 valence electrons. The van der Waals surface area contributed by atoms with Crippen LogP contribution >= 0.6 is 0 Å². The van der Waals surface area contributed by atoms with E-state index in [9.17, 15) is 8.78 Å². The normalized spacial score (nSPS) is 10.9. The van der Waals surface area contributed by atoms with Crippen LogP contribution in [0.15, 0.2) is 47.6 Å². The van der Waals surface area contributed by atoms with Gasteiger partial charge in [0.15, 0.2) is 11.6 Å². The summed E-state index contributed by atoms with van der Waals surface area (Å²) in [6.45, 7) is 2.18. The fourth-order valence-electron chi connectivity index (χ4n) is 1.73. The summed E-state index contributed by atoms with van der Waals surface area (Å²) in [5.41, 5.74) is 2.69. The van der Waals surface area contributed by atoms with Crippen LogP contribution in [0.5, 0.6) is 0 Å². The van der Waals surface area contributed by atoms with E-state index in [1.165, 1.54) is 11.6 Å². The summed E-state index contributed by atoms with van der Waals surface area (Å²) in [5, 5.41) is 3.82. The zero-order valence-corrected chi connectivity index (χ0v) is 11.1. The molecule has 0 saturated carbocycles. The van der Waals surface area contributed by atoms with Gasteiger partial charge >= 0.3 is 0 Å². The molecule has 20 heavy (non-hydrogen) atoms. The van der Waals surface area contributed by atoms with E-state index >= 15 is 0 Å². The van der Waals surface area contributed by atoms with Crippen molar-refractivity contribution in [1.29, 1.82) is 0 Å². The largest absolute Gasteiger partial charge is 0.391 e. The Morgan fingerprint density at radius 1 is 1.05 bits per heavy atom. The molecule has 0 unspecified atom stereocenters. The summed E-state index contributed by atoms with van der Waals surface area (Å²) in [7, 11) is 0. The number of rotatable bonds is 5. The van der Waals surface area contributed by atoms with Gasteiger partial charge in [-0.15, -0.1) is 0 Å². The van der Waals surface area contributed by atoms with Gasteiger partial charge in [-0.25, -0.2) is 8.78 Å². The first kappa shape index (κ1) is 14.2. The minimum absolute atomic E-state index is 0.0984. The standard InChI is InChI=1S/C16H15F2NO/c1-2-12-4-3-5-13(8-12)10-19-20-11-14-6-7-15(17)16(18)9-14/h3-10H,2,11H2,1H3. The van der Waals surface area contributed by atoms with Gasteiger partial charge in [0.2, 0.25) is 0 Å². The molecule has 2 aromatic rings. The van der Waals surface area contributed by atoms with E-state index in [4.69, 9.17) is 4.84 Å². The summed E-state index contributed by atoms with van der Waals surface area (Å²) in [6.07, 6.45) is 2.55. The Morgan fingerprint density at radius 3 is 2.65 bits per heavy atom. The van der Waals surface area contributed by atoms with Gasteiger partial charge in [0.05, 0.1) is 6.21 Å². The number of oxime groups is 1. The topological polar surface area (TPSA) is 21.6 Å². The second kappa shape index (κ2) is 6.80. The molecular formula is C16H15F2NO. The van der Waals surface area contributed by atoms with Gasteiger partial charge in [0, 0.05) is 0 Å². The van der Waals surface area contributed by atoms with E-state index in [2.05, 4.69) is 12.1 Å². The molecule has 0 aliphatic heterocycles. The van der Waals surface area contributed by atoms with Crippen molar-refractivity contribution in [3.8, 4) is 0 Å². The molecule has 0 amide bonds. The van der Waals surface area contributed by atoms with Crippen molar-refractivity contribution in [1.82, 2.24) is 0 Å². The van der Waals surface area contributed by atoms with Crippen molar-refractivity contribution < 1.29 is 13.6 Å². The average molecular weight is 275 g/mol. The predicted molar refractivity (Wildman–Crippen MR) is 74.6 cm³/mol. The first-order chi connectivity index (χ1) is 9.69. The minimum atomic E-state index is -0.884. The van der Waals surface area contributed by atoms with Gasteiger partial charge in [0.1, 0.15) is 6.61 Å². The van der Waals surface area contributed by atoms with Crippen LogP contribution in [0.2, 0.25) is 0 Å². The Balaban J connectivity index is 1.91. The highest BCUT2D eigenvalue weighted by Gasteiger charge is 2.02. The maximum Gasteiger partial charge on any atom is 0.159 e. The van der Waals surface area contributed by atoms with Crippen LogP contribution in [-0.2, 0) is 17.9 Å². The lowest BCUT2D eigenvalue weighted by molar-refractivity contribution is 0.132. The van der Waals surface area contributed by atoms with Gasteiger partial charge in [-0.2, -0.15) is 0 Å². The summed E-state index contributed by atoms with van der Waals surface area (Å²) < 4.78 is 25.7. The number of hydrogen-bond donors (Lipinski definition) is 0. The third-order valence-corrected chi connectivity index (χ3v) is 2.85. The van der Waals surface area contributed by atoms with Crippen LogP contribution in [-0.4, -0.2) is 6.21 Å². The third kappa shape index (κ3) is 3.88. The zero-order valence-electron chi connectivity index (χ0n) is 11.1. The van der Waals surface area contributed by atoms with E-state index in [1.54, 1.807) is 6.21 Å². The van der Waals surface area contributed by atoms with Gasteiger partial charge in [-0.05, 0) is 35.2 Å². The van der Waals surface area contributed by atoms with E-state index in [0.29, 0.717) is 5.56 Å². The SMILES string of the molecule is CCc1cccc(C=NOCc2ccc(F)c(F)c2)c1. The second-order valence-corrected chi connectivity index (χ2v) is 4.35. The molecule has 0 aliphatic rings. The predicted octanol–water partition coefficient (Wildman–Crippen LogP) is 4.08. The van der Waals surface area contributed by atoms with Crippen molar-refractivity contribution in [3.63, 3.8) is 0 Å². The zero-order chi connectivity index (χ0) is 14.4. The monoisotopic (exact) mass is 275 g/mol. The first-order valence-electron chi connectivity index (χ1n) is 6.37. The molecule has 0 saturated heterocycles. The third-order valence-electron chi connectivity index (χ3n) is 2.85. The van der Waals surface area contributed by atoms with Crippen LogP contribution in [0.4, 0.5) is 8.78 Å². The summed E-state index contributed by atoms with van der Waals surface area (Å²) in [4.78, 5) is 5.07. The molecule has 2 aromatic carbocycles. The second-order valence-electron chi connectivity index (χ2n) is 4.35. The quantitative estimate of drug-likeness (QED) is 0.595. The van der Waals surface area contributed by atoms with E-state index < -0.39 is 11.6 Å². The Morgan fingerprint density at radius 2 is 1.90 bits per heavy atom. The molecule has 0 radical (unpaired) electrons. The highest BCUT2D eigenvalue weighted by Crippen LogP contribution is 2.10. The summed E-state index contributed by atoms with van der Waals surface area (Å²) in [5.74, 6) is -1.75. The van der Waals surface area contributed by atoms with Crippen LogP contribution in [0.1, 0.15) is 23.6 Å². The number of halogens is 2. The molecule has 0 aliphatic carbocycles. The van der Waals surface area contributed by atoms with Crippen molar-refractivity contribution in [2.45, 2.75) is 20.0 Å². The minimum Gasteiger partial charge on any atom is -0.391 e. The maximum absolute atomic E-state index is 13.0. The Labute approximate surface area is 116 Å².